The summed E-state index contributed by atoms with van der Waals surface area (Å²) in [6.45, 7) is 0.0325. The third-order valence-corrected chi connectivity index (χ3v) is 5.56. The van der Waals surface area contributed by atoms with E-state index in [0.717, 1.165) is 16.5 Å². The van der Waals surface area contributed by atoms with E-state index in [1.54, 1.807) is 24.4 Å². The van der Waals surface area contributed by atoms with E-state index >= 15 is 0 Å². The highest BCUT2D eigenvalue weighted by molar-refractivity contribution is 6.36. The van der Waals surface area contributed by atoms with E-state index in [-0.39, 0.29) is 12.5 Å². The van der Waals surface area contributed by atoms with Crippen LogP contribution in [0.1, 0.15) is 16.7 Å². The highest BCUT2D eigenvalue weighted by atomic mass is 16.5. The van der Waals surface area contributed by atoms with Crippen LogP contribution in [0.2, 0.25) is 0 Å². The lowest BCUT2D eigenvalue weighted by atomic mass is 10.0. The second-order valence-electron chi connectivity index (χ2n) is 7.69. The molecule has 6 heteroatoms. The van der Waals surface area contributed by atoms with Gasteiger partial charge < -0.3 is 9.84 Å². The van der Waals surface area contributed by atoms with Gasteiger partial charge >= 0.3 is 5.97 Å². The third kappa shape index (κ3) is 3.94. The molecule has 1 amide bonds. The zero-order valence-electron chi connectivity index (χ0n) is 17.6. The number of aromatic nitrogens is 1. The minimum Gasteiger partial charge on any atom is -0.487 e. The van der Waals surface area contributed by atoms with E-state index in [2.05, 4.69) is 4.98 Å². The standard InChI is InChI=1S/C27H20N2O4/c30-25(31)16-29-23-11-5-4-9-21(23)22(27(29)32)15-19-12-13-24(26-20(19)10-6-14-28-26)33-17-18-7-2-1-3-8-18/h1-15H,16-17H2,(H,30,31). The first-order valence-electron chi connectivity index (χ1n) is 10.5. The minimum atomic E-state index is -1.06. The Hall–Kier alpha value is -4.45. The van der Waals surface area contributed by atoms with Crippen molar-refractivity contribution in [1.82, 2.24) is 4.98 Å². The molecule has 0 unspecified atom stereocenters. The molecule has 1 aliphatic rings. The quantitative estimate of drug-likeness (QED) is 0.440. The van der Waals surface area contributed by atoms with Crippen molar-refractivity contribution in [1.29, 1.82) is 0 Å². The summed E-state index contributed by atoms with van der Waals surface area (Å²) in [5.41, 5.74) is 4.32. The Kier molecular flexibility index (Phi) is 5.32. The monoisotopic (exact) mass is 436 g/mol. The van der Waals surface area contributed by atoms with Crippen molar-refractivity contribution < 1.29 is 19.4 Å². The summed E-state index contributed by atoms with van der Waals surface area (Å²) in [4.78, 5) is 30.2. The van der Waals surface area contributed by atoms with Gasteiger partial charge in [-0.25, -0.2) is 0 Å². The lowest BCUT2D eigenvalue weighted by Crippen LogP contribution is -2.32. The summed E-state index contributed by atoms with van der Waals surface area (Å²) >= 11 is 0. The molecule has 6 nitrogen and oxygen atoms in total. The van der Waals surface area contributed by atoms with Gasteiger partial charge in [0.05, 0.1) is 5.69 Å². The number of para-hydroxylation sites is 1. The van der Waals surface area contributed by atoms with E-state index in [4.69, 9.17) is 4.74 Å². The number of fused-ring (bicyclic) bond motifs is 2. The average molecular weight is 436 g/mol. The Morgan fingerprint density at radius 3 is 2.58 bits per heavy atom. The van der Waals surface area contributed by atoms with E-state index < -0.39 is 5.97 Å². The van der Waals surface area contributed by atoms with Gasteiger partial charge in [0, 0.05) is 22.7 Å². The Morgan fingerprint density at radius 1 is 0.970 bits per heavy atom. The number of rotatable bonds is 6. The number of benzene rings is 3. The normalized spacial score (nSPS) is 14.0. The van der Waals surface area contributed by atoms with Crippen molar-refractivity contribution in [2.45, 2.75) is 6.61 Å². The van der Waals surface area contributed by atoms with Gasteiger partial charge in [-0.2, -0.15) is 0 Å². The Balaban J connectivity index is 1.54. The average Bonchev–Trinajstić information content (AvgIpc) is 3.10. The number of amides is 1. The molecule has 0 atom stereocenters. The van der Waals surface area contributed by atoms with Crippen molar-refractivity contribution in [3.63, 3.8) is 0 Å². The molecule has 1 aromatic heterocycles. The van der Waals surface area contributed by atoms with Crippen molar-refractivity contribution >= 4 is 40.1 Å². The lowest BCUT2D eigenvalue weighted by Gasteiger charge is -2.13. The minimum absolute atomic E-state index is 0.333. The van der Waals surface area contributed by atoms with Crippen LogP contribution in [0.4, 0.5) is 5.69 Å². The second kappa shape index (κ2) is 8.59. The van der Waals surface area contributed by atoms with Gasteiger partial charge in [0.2, 0.25) is 0 Å². The first-order valence-corrected chi connectivity index (χ1v) is 10.5. The van der Waals surface area contributed by atoms with Crippen LogP contribution in [0.5, 0.6) is 5.75 Å². The van der Waals surface area contributed by atoms with E-state index in [9.17, 15) is 14.7 Å². The van der Waals surface area contributed by atoms with Crippen molar-refractivity contribution in [2.75, 3.05) is 11.4 Å². The van der Waals surface area contributed by atoms with Crippen LogP contribution in [0.15, 0.2) is 85.1 Å². The van der Waals surface area contributed by atoms with Gasteiger partial charge in [-0.1, -0.05) is 60.7 Å². The number of carboxylic acid groups (broad SMARTS) is 1. The van der Waals surface area contributed by atoms with Crippen LogP contribution in [-0.2, 0) is 16.2 Å². The predicted molar refractivity (Wildman–Crippen MR) is 127 cm³/mol. The maximum atomic E-state index is 13.1. The Bertz CT molecular complexity index is 1400. The summed E-state index contributed by atoms with van der Waals surface area (Å²) in [6.07, 6.45) is 3.51. The predicted octanol–water partition coefficient (Wildman–Crippen LogP) is 4.79. The van der Waals surface area contributed by atoms with Crippen molar-refractivity contribution in [3.05, 3.63) is 102 Å². The number of aliphatic carboxylic acids is 1. The van der Waals surface area contributed by atoms with Gasteiger partial charge in [-0.15, -0.1) is 0 Å². The highest BCUT2D eigenvalue weighted by Gasteiger charge is 2.33. The first-order chi connectivity index (χ1) is 16.1. The molecule has 5 rings (SSSR count). The summed E-state index contributed by atoms with van der Waals surface area (Å²) in [6, 6.07) is 24.6. The molecule has 0 radical (unpaired) electrons. The smallest absolute Gasteiger partial charge is 0.323 e. The molecule has 0 aliphatic carbocycles. The molecule has 0 spiro atoms. The lowest BCUT2D eigenvalue weighted by molar-refractivity contribution is -0.136. The molecule has 2 heterocycles. The number of pyridine rings is 1. The molecule has 4 aromatic rings. The number of hydrogen-bond acceptors (Lipinski definition) is 4. The fourth-order valence-corrected chi connectivity index (χ4v) is 4.04. The second-order valence-corrected chi connectivity index (χ2v) is 7.69. The van der Waals surface area contributed by atoms with E-state index in [0.29, 0.717) is 34.7 Å². The summed E-state index contributed by atoms with van der Waals surface area (Å²) in [5.74, 6) is -0.740. The highest BCUT2D eigenvalue weighted by Crippen LogP contribution is 2.38. The number of ether oxygens (including phenoxy) is 1. The number of carbonyl (C=O) groups excluding carboxylic acids is 1. The maximum Gasteiger partial charge on any atom is 0.323 e. The van der Waals surface area contributed by atoms with Crippen LogP contribution < -0.4 is 9.64 Å². The molecule has 3 aromatic carbocycles. The van der Waals surface area contributed by atoms with Crippen LogP contribution in [-0.4, -0.2) is 28.5 Å². The number of nitrogens with zero attached hydrogens (tertiary/aromatic N) is 2. The zero-order valence-corrected chi connectivity index (χ0v) is 17.6. The van der Waals surface area contributed by atoms with E-state index in [1.807, 2.05) is 66.7 Å². The van der Waals surface area contributed by atoms with Gasteiger partial charge in [0.1, 0.15) is 24.4 Å². The van der Waals surface area contributed by atoms with Gasteiger partial charge in [0.15, 0.2) is 0 Å². The zero-order chi connectivity index (χ0) is 22.8. The molecular weight excluding hydrogens is 416 g/mol. The maximum absolute atomic E-state index is 13.1. The van der Waals surface area contributed by atoms with Gasteiger partial charge in [-0.05, 0) is 35.4 Å². The number of hydrogen-bond donors (Lipinski definition) is 1. The van der Waals surface area contributed by atoms with Crippen LogP contribution in [0.25, 0.3) is 22.6 Å². The molecule has 1 aliphatic heterocycles. The molecule has 0 bridgehead atoms. The molecule has 1 N–H and O–H groups in total. The molecule has 162 valence electrons. The van der Waals surface area contributed by atoms with Crippen LogP contribution >= 0.6 is 0 Å². The molecule has 0 saturated heterocycles. The number of carboxylic acids is 1. The van der Waals surface area contributed by atoms with Crippen molar-refractivity contribution in [2.24, 2.45) is 0 Å². The summed E-state index contributed by atoms with van der Waals surface area (Å²) in [7, 11) is 0. The largest absolute Gasteiger partial charge is 0.487 e. The fraction of sp³-hybridized carbons (Fsp3) is 0.0741. The molecule has 0 saturated carbocycles. The van der Waals surface area contributed by atoms with Crippen LogP contribution in [0, 0.1) is 0 Å². The fourth-order valence-electron chi connectivity index (χ4n) is 4.04. The molecule has 33 heavy (non-hydrogen) atoms. The Labute approximate surface area is 190 Å². The van der Waals surface area contributed by atoms with Gasteiger partial charge in [0.25, 0.3) is 5.91 Å². The number of carbonyl (C=O) groups is 2. The third-order valence-electron chi connectivity index (χ3n) is 5.56. The van der Waals surface area contributed by atoms with Crippen molar-refractivity contribution in [3.8, 4) is 5.75 Å². The first kappa shape index (κ1) is 20.5. The van der Waals surface area contributed by atoms with E-state index in [1.165, 1.54) is 4.90 Å². The topological polar surface area (TPSA) is 79.7 Å². The Morgan fingerprint density at radius 2 is 1.76 bits per heavy atom. The number of anilines is 1. The molecular formula is C27H20N2O4. The molecule has 0 fully saturated rings. The van der Waals surface area contributed by atoms with Gasteiger partial charge in [-0.3, -0.25) is 19.5 Å². The SMILES string of the molecule is O=C(O)CN1C(=O)C(=Cc2ccc(OCc3ccccc3)c3ncccc23)c2ccccc21. The summed E-state index contributed by atoms with van der Waals surface area (Å²) in [5, 5.41) is 10.1. The van der Waals surface area contributed by atoms with Crippen LogP contribution in [0.3, 0.4) is 0 Å². The summed E-state index contributed by atoms with van der Waals surface area (Å²) < 4.78 is 6.04.